The summed E-state index contributed by atoms with van der Waals surface area (Å²) < 4.78 is 64.7. The number of rotatable bonds is 4. The van der Waals surface area contributed by atoms with E-state index in [4.69, 9.17) is 0 Å². The van der Waals surface area contributed by atoms with Crippen LogP contribution in [0.3, 0.4) is 0 Å². The van der Waals surface area contributed by atoms with Crippen LogP contribution in [0.25, 0.3) is 0 Å². The number of alkyl halides is 6. The molecular formula is C9H5BrF5NO2. The Labute approximate surface area is 106 Å². The highest BCUT2D eigenvalue weighted by Gasteiger charge is 2.33. The highest BCUT2D eigenvalue weighted by Crippen LogP contribution is 2.31. The van der Waals surface area contributed by atoms with Gasteiger partial charge in [0.25, 0.3) is 6.43 Å². The number of carbonyl (C=O) groups is 1. The minimum Gasteiger partial charge on any atom is -0.403 e. The predicted octanol–water partition coefficient (Wildman–Crippen LogP) is 3.63. The fraction of sp³-hybridized carbons (Fsp3) is 0.333. The molecular weight excluding hydrogens is 329 g/mol. The summed E-state index contributed by atoms with van der Waals surface area (Å²) in [5, 5.41) is -0.125. The van der Waals surface area contributed by atoms with Crippen LogP contribution < -0.4 is 4.74 Å². The molecule has 1 rings (SSSR count). The van der Waals surface area contributed by atoms with Gasteiger partial charge in [-0.25, -0.2) is 13.8 Å². The minimum absolute atomic E-state index is 0.00246. The summed E-state index contributed by atoms with van der Waals surface area (Å²) >= 11 is 2.85. The van der Waals surface area contributed by atoms with E-state index in [1.165, 1.54) is 0 Å². The molecule has 0 spiro atoms. The van der Waals surface area contributed by atoms with Crippen LogP contribution in [0.5, 0.6) is 5.75 Å². The highest BCUT2D eigenvalue weighted by atomic mass is 79.9. The van der Waals surface area contributed by atoms with Gasteiger partial charge in [-0.05, 0) is 6.07 Å². The van der Waals surface area contributed by atoms with E-state index in [1.54, 1.807) is 0 Å². The van der Waals surface area contributed by atoms with Crippen molar-refractivity contribution < 1.29 is 31.5 Å². The van der Waals surface area contributed by atoms with Gasteiger partial charge in [-0.3, -0.25) is 4.79 Å². The predicted molar refractivity (Wildman–Crippen MR) is 53.9 cm³/mol. The zero-order valence-electron chi connectivity index (χ0n) is 8.47. The number of pyridine rings is 1. The van der Waals surface area contributed by atoms with Crippen molar-refractivity contribution >= 4 is 22.2 Å². The molecule has 18 heavy (non-hydrogen) atoms. The van der Waals surface area contributed by atoms with Gasteiger partial charge in [-0.2, -0.15) is 0 Å². The Balaban J connectivity index is 3.32. The Morgan fingerprint density at radius 3 is 2.44 bits per heavy atom. The Morgan fingerprint density at radius 1 is 1.44 bits per heavy atom. The molecule has 0 aliphatic carbocycles. The Hall–Kier alpha value is -1.25. The van der Waals surface area contributed by atoms with Crippen LogP contribution in [0.4, 0.5) is 22.0 Å². The van der Waals surface area contributed by atoms with E-state index in [0.29, 0.717) is 6.07 Å². The smallest absolute Gasteiger partial charge is 0.403 e. The summed E-state index contributed by atoms with van der Waals surface area (Å²) in [4.78, 5) is 13.9. The van der Waals surface area contributed by atoms with Crippen LogP contribution in [-0.2, 0) is 5.33 Å². The molecule has 0 atom stereocenters. The van der Waals surface area contributed by atoms with E-state index in [-0.39, 0.29) is 17.3 Å². The quantitative estimate of drug-likeness (QED) is 0.480. The molecule has 1 aromatic rings. The average molecular weight is 334 g/mol. The molecule has 0 amide bonds. The van der Waals surface area contributed by atoms with Crippen molar-refractivity contribution in [2.24, 2.45) is 0 Å². The van der Waals surface area contributed by atoms with Crippen molar-refractivity contribution in [1.82, 2.24) is 4.98 Å². The zero-order chi connectivity index (χ0) is 13.9. The number of hydrogen-bond donors (Lipinski definition) is 0. The lowest BCUT2D eigenvalue weighted by atomic mass is 10.2. The average Bonchev–Trinajstić information content (AvgIpc) is 2.26. The first-order valence-electron chi connectivity index (χ1n) is 4.37. The molecule has 0 saturated carbocycles. The molecule has 0 unspecified atom stereocenters. The lowest BCUT2D eigenvalue weighted by Crippen LogP contribution is -2.19. The normalized spacial score (nSPS) is 11.7. The van der Waals surface area contributed by atoms with Crippen LogP contribution in [-0.4, -0.2) is 17.6 Å². The molecule has 0 aromatic carbocycles. The molecule has 0 bridgehead atoms. The zero-order valence-corrected chi connectivity index (χ0v) is 10.1. The third kappa shape index (κ3) is 3.62. The lowest BCUT2D eigenvalue weighted by molar-refractivity contribution is -0.274. The fourth-order valence-electron chi connectivity index (χ4n) is 1.15. The molecule has 9 heteroatoms. The largest absolute Gasteiger partial charge is 0.573 e. The van der Waals surface area contributed by atoms with E-state index in [1.807, 2.05) is 0 Å². The van der Waals surface area contributed by atoms with Gasteiger partial charge >= 0.3 is 6.36 Å². The minimum atomic E-state index is -5.09. The number of halogens is 6. The summed E-state index contributed by atoms with van der Waals surface area (Å²) in [6, 6.07) is 0.464. The molecule has 0 N–H and O–H groups in total. The Kier molecular flexibility index (Phi) is 4.60. The molecule has 0 saturated heterocycles. The Morgan fingerprint density at radius 2 is 2.06 bits per heavy atom. The number of aldehydes is 1. The van der Waals surface area contributed by atoms with Gasteiger partial charge in [-0.15, -0.1) is 13.2 Å². The van der Waals surface area contributed by atoms with Gasteiger partial charge in [0.2, 0.25) is 0 Å². The van der Waals surface area contributed by atoms with Crippen molar-refractivity contribution in [3.8, 4) is 5.75 Å². The van der Waals surface area contributed by atoms with Crippen LogP contribution in [0.15, 0.2) is 6.07 Å². The highest BCUT2D eigenvalue weighted by molar-refractivity contribution is 9.08. The Bertz CT molecular complexity index is 449. The number of carbonyl (C=O) groups excluding carboxylic acids is 1. The number of aromatic nitrogens is 1. The summed E-state index contributed by atoms with van der Waals surface area (Å²) in [7, 11) is 0. The molecule has 100 valence electrons. The van der Waals surface area contributed by atoms with Gasteiger partial charge in [0, 0.05) is 10.9 Å². The molecule has 3 nitrogen and oxygen atoms in total. The van der Waals surface area contributed by atoms with Crippen molar-refractivity contribution in [1.29, 1.82) is 0 Å². The molecule has 0 aliphatic rings. The van der Waals surface area contributed by atoms with E-state index in [2.05, 4.69) is 25.7 Å². The third-order valence-corrected chi connectivity index (χ3v) is 2.36. The lowest BCUT2D eigenvalue weighted by Gasteiger charge is -2.13. The fourth-order valence-corrected chi connectivity index (χ4v) is 1.60. The topological polar surface area (TPSA) is 39.2 Å². The third-order valence-electron chi connectivity index (χ3n) is 1.83. The summed E-state index contributed by atoms with van der Waals surface area (Å²) in [6.45, 7) is 0. The van der Waals surface area contributed by atoms with Crippen molar-refractivity contribution in [3.63, 3.8) is 0 Å². The first-order chi connectivity index (χ1) is 8.28. The second-order valence-electron chi connectivity index (χ2n) is 3.01. The summed E-state index contributed by atoms with van der Waals surface area (Å²) in [6.07, 6.45) is -8.11. The summed E-state index contributed by atoms with van der Waals surface area (Å²) in [5.74, 6) is -1.04. The van der Waals surface area contributed by atoms with Gasteiger partial charge in [-0.1, -0.05) is 15.9 Å². The number of hydrogen-bond acceptors (Lipinski definition) is 3. The van der Waals surface area contributed by atoms with Gasteiger partial charge in [0.15, 0.2) is 12.0 Å². The molecule has 1 heterocycles. The van der Waals surface area contributed by atoms with E-state index >= 15 is 0 Å². The standard InChI is InChI=1S/C9H5BrF5NO2/c10-2-5-4(8(11)12)1-7(6(3-17)16-5)18-9(13,14)15/h1,3,8H,2H2. The molecule has 0 fully saturated rings. The van der Waals surface area contributed by atoms with Gasteiger partial charge in [0.05, 0.1) is 5.69 Å². The second kappa shape index (κ2) is 5.59. The maximum Gasteiger partial charge on any atom is 0.573 e. The van der Waals surface area contributed by atoms with Gasteiger partial charge in [0.1, 0.15) is 5.69 Å². The van der Waals surface area contributed by atoms with E-state index in [0.717, 1.165) is 0 Å². The SMILES string of the molecule is O=Cc1nc(CBr)c(C(F)F)cc1OC(F)(F)F. The molecule has 0 aliphatic heterocycles. The monoisotopic (exact) mass is 333 g/mol. The first kappa shape index (κ1) is 14.8. The molecule has 1 aromatic heterocycles. The molecule has 0 radical (unpaired) electrons. The number of ether oxygens (including phenoxy) is 1. The van der Waals surface area contributed by atoms with E-state index < -0.39 is 29.8 Å². The van der Waals surface area contributed by atoms with Crippen LogP contribution in [0.1, 0.15) is 28.2 Å². The van der Waals surface area contributed by atoms with Crippen molar-refractivity contribution in [2.75, 3.05) is 0 Å². The first-order valence-corrected chi connectivity index (χ1v) is 5.49. The second-order valence-corrected chi connectivity index (χ2v) is 3.57. The maximum absolute atomic E-state index is 12.6. The van der Waals surface area contributed by atoms with Gasteiger partial charge < -0.3 is 4.74 Å². The van der Waals surface area contributed by atoms with Crippen LogP contribution in [0.2, 0.25) is 0 Å². The maximum atomic E-state index is 12.6. The van der Waals surface area contributed by atoms with E-state index in [9.17, 15) is 26.7 Å². The number of nitrogens with zero attached hydrogens (tertiary/aromatic N) is 1. The van der Waals surface area contributed by atoms with Crippen molar-refractivity contribution in [3.05, 3.63) is 23.0 Å². The summed E-state index contributed by atoms with van der Waals surface area (Å²) in [5.41, 5.74) is -1.63. The van der Waals surface area contributed by atoms with Crippen molar-refractivity contribution in [2.45, 2.75) is 18.1 Å². The van der Waals surface area contributed by atoms with Crippen LogP contribution in [0, 0.1) is 0 Å². The van der Waals surface area contributed by atoms with Crippen LogP contribution >= 0.6 is 15.9 Å².